The molecule has 0 rings (SSSR count). The summed E-state index contributed by atoms with van der Waals surface area (Å²) < 4.78 is 38.1. The molecule has 0 radical (unpaired) electrons. The number of amides is 4. The number of rotatable bonds is 30. The van der Waals surface area contributed by atoms with Crippen molar-refractivity contribution in [1.29, 1.82) is 0 Å². The topological polar surface area (TPSA) is 249 Å². The summed E-state index contributed by atoms with van der Waals surface area (Å²) in [6.45, 7) is 3.14. The number of ether oxygens (including phenoxy) is 7. The van der Waals surface area contributed by atoms with E-state index < -0.39 is 23.3 Å². The van der Waals surface area contributed by atoms with Gasteiger partial charge >= 0.3 is 0 Å². The van der Waals surface area contributed by atoms with E-state index in [4.69, 9.17) is 56.1 Å². The summed E-state index contributed by atoms with van der Waals surface area (Å²) in [6, 6.07) is 0. The fourth-order valence-electron chi connectivity index (χ4n) is 2.92. The van der Waals surface area contributed by atoms with Gasteiger partial charge in [-0.15, -0.1) is 0 Å². The second-order valence-electron chi connectivity index (χ2n) is 8.62. The van der Waals surface area contributed by atoms with Crippen LogP contribution in [0.5, 0.6) is 0 Å². The predicted molar refractivity (Wildman–Crippen MR) is 142 cm³/mol. The predicted octanol–water partition coefficient (Wildman–Crippen LogP) is -3.07. The molecule has 234 valence electrons. The maximum atomic E-state index is 12.7. The Balaban J connectivity index is 4.64. The van der Waals surface area contributed by atoms with Crippen molar-refractivity contribution in [2.24, 2.45) is 22.9 Å². The SMILES string of the molecule is NCCOCCOCCOCCOCCC(=O)NC(COCCC(N)=O)(COCCC(N)=O)COCCC(N)=O. The Labute approximate surface area is 234 Å². The number of hydrogen-bond donors (Lipinski definition) is 5. The molecule has 0 spiro atoms. The van der Waals surface area contributed by atoms with Gasteiger partial charge in [0.05, 0.1) is 92.5 Å². The van der Waals surface area contributed by atoms with Crippen molar-refractivity contribution in [3.05, 3.63) is 0 Å². The van der Waals surface area contributed by atoms with E-state index in [9.17, 15) is 19.2 Å². The zero-order valence-electron chi connectivity index (χ0n) is 23.2. The fourth-order valence-corrected chi connectivity index (χ4v) is 2.92. The maximum Gasteiger partial charge on any atom is 0.222 e. The second-order valence-corrected chi connectivity index (χ2v) is 8.62. The van der Waals surface area contributed by atoms with Gasteiger partial charge in [0.1, 0.15) is 5.54 Å². The Bertz CT molecular complexity index is 645. The summed E-state index contributed by atoms with van der Waals surface area (Å²) in [6.07, 6.45) is -0.0709. The van der Waals surface area contributed by atoms with E-state index in [0.29, 0.717) is 46.2 Å². The molecule has 0 aliphatic heterocycles. The maximum absolute atomic E-state index is 12.7. The van der Waals surface area contributed by atoms with Crippen molar-refractivity contribution in [1.82, 2.24) is 5.32 Å². The van der Waals surface area contributed by atoms with E-state index in [2.05, 4.69) is 5.32 Å². The monoisotopic (exact) mass is 581 g/mol. The lowest BCUT2D eigenvalue weighted by atomic mass is 10.0. The molecule has 0 bridgehead atoms. The quantitative estimate of drug-likeness (QED) is 0.0530. The Kier molecular flexibility index (Phi) is 24.0. The van der Waals surface area contributed by atoms with Crippen molar-refractivity contribution in [3.63, 3.8) is 0 Å². The molecule has 40 heavy (non-hydrogen) atoms. The highest BCUT2D eigenvalue weighted by atomic mass is 16.6. The third kappa shape index (κ3) is 24.6. The first-order chi connectivity index (χ1) is 19.2. The van der Waals surface area contributed by atoms with Crippen LogP contribution in [0, 0.1) is 0 Å². The molecule has 0 heterocycles. The van der Waals surface area contributed by atoms with Gasteiger partial charge in [-0.3, -0.25) is 19.2 Å². The van der Waals surface area contributed by atoms with Gasteiger partial charge in [0.15, 0.2) is 0 Å². The lowest BCUT2D eigenvalue weighted by Crippen LogP contribution is -2.59. The van der Waals surface area contributed by atoms with Crippen LogP contribution in [0.1, 0.15) is 25.7 Å². The molecule has 16 nitrogen and oxygen atoms in total. The molecule has 0 saturated heterocycles. The molecule has 0 saturated carbocycles. The molecule has 9 N–H and O–H groups in total. The van der Waals surface area contributed by atoms with Crippen LogP contribution in [-0.4, -0.2) is 128 Å². The fraction of sp³-hybridized carbons (Fsp3) is 0.833. The molecule has 0 aliphatic rings. The third-order valence-corrected chi connectivity index (χ3v) is 4.87. The van der Waals surface area contributed by atoms with E-state index in [0.717, 1.165) is 0 Å². The first-order valence-electron chi connectivity index (χ1n) is 13.1. The van der Waals surface area contributed by atoms with E-state index in [-0.39, 0.29) is 84.4 Å². The van der Waals surface area contributed by atoms with Crippen LogP contribution in [-0.2, 0) is 52.3 Å². The van der Waals surface area contributed by atoms with Crippen molar-refractivity contribution < 1.29 is 52.3 Å². The minimum atomic E-state index is -1.21. The Hall–Kier alpha value is -2.44. The van der Waals surface area contributed by atoms with Gasteiger partial charge in [-0.1, -0.05) is 0 Å². The van der Waals surface area contributed by atoms with Crippen molar-refractivity contribution in [3.8, 4) is 0 Å². The number of nitrogens with one attached hydrogen (secondary N) is 1. The van der Waals surface area contributed by atoms with Gasteiger partial charge in [-0.05, 0) is 0 Å². The van der Waals surface area contributed by atoms with E-state index in [1.54, 1.807) is 0 Å². The van der Waals surface area contributed by atoms with Crippen LogP contribution in [0.25, 0.3) is 0 Å². The average Bonchev–Trinajstić information content (AvgIpc) is 2.89. The number of carbonyl (C=O) groups is 4. The van der Waals surface area contributed by atoms with Gasteiger partial charge < -0.3 is 61.4 Å². The molecule has 0 aromatic heterocycles. The average molecular weight is 582 g/mol. The first-order valence-corrected chi connectivity index (χ1v) is 13.1. The molecule has 0 aliphatic carbocycles. The number of hydrogen-bond acceptors (Lipinski definition) is 12. The molecule has 0 fully saturated rings. The largest absolute Gasteiger partial charge is 0.379 e. The lowest BCUT2D eigenvalue weighted by Gasteiger charge is -2.34. The van der Waals surface area contributed by atoms with E-state index in [1.165, 1.54) is 0 Å². The van der Waals surface area contributed by atoms with Crippen LogP contribution in [0.3, 0.4) is 0 Å². The zero-order valence-corrected chi connectivity index (χ0v) is 23.2. The summed E-state index contributed by atoms with van der Waals surface area (Å²) in [5.74, 6) is -2.04. The van der Waals surface area contributed by atoms with E-state index >= 15 is 0 Å². The van der Waals surface area contributed by atoms with Gasteiger partial charge in [0, 0.05) is 32.2 Å². The summed E-state index contributed by atoms with van der Waals surface area (Å²) >= 11 is 0. The number of primary amides is 3. The van der Waals surface area contributed by atoms with Crippen LogP contribution in [0.4, 0.5) is 0 Å². The Morgan fingerprint density at radius 3 is 1.15 bits per heavy atom. The molecule has 0 unspecified atom stereocenters. The van der Waals surface area contributed by atoms with Crippen LogP contribution < -0.4 is 28.3 Å². The van der Waals surface area contributed by atoms with Gasteiger partial charge in [0.25, 0.3) is 0 Å². The lowest BCUT2D eigenvalue weighted by molar-refractivity contribution is -0.131. The standard InChI is InChI=1S/C24H47N5O11/c25-5-10-35-12-14-37-16-15-36-13-11-34-9-4-23(33)29-24(17-38-6-1-20(26)30,18-39-7-2-21(27)31)19-40-8-3-22(28)32/h1-19,25H2,(H2,26,30)(H2,27,31)(H2,28,32)(H,29,33). The molecule has 4 amide bonds. The molecule has 0 atom stereocenters. The highest BCUT2D eigenvalue weighted by molar-refractivity contribution is 5.77. The van der Waals surface area contributed by atoms with Crippen molar-refractivity contribution in [2.75, 3.05) is 99.0 Å². The highest BCUT2D eigenvalue weighted by Crippen LogP contribution is 2.11. The van der Waals surface area contributed by atoms with Crippen LogP contribution >= 0.6 is 0 Å². The van der Waals surface area contributed by atoms with Crippen molar-refractivity contribution >= 4 is 23.6 Å². The summed E-state index contributed by atoms with van der Waals surface area (Å²) in [5, 5.41) is 2.83. The molecule has 0 aromatic rings. The summed E-state index contributed by atoms with van der Waals surface area (Å²) in [4.78, 5) is 45.9. The highest BCUT2D eigenvalue weighted by Gasteiger charge is 2.33. The first kappa shape index (κ1) is 37.6. The molecule has 0 aromatic carbocycles. The normalized spacial score (nSPS) is 11.4. The minimum Gasteiger partial charge on any atom is -0.379 e. The van der Waals surface area contributed by atoms with Gasteiger partial charge in [-0.25, -0.2) is 0 Å². The minimum absolute atomic E-state index is 0.00569. The van der Waals surface area contributed by atoms with Crippen molar-refractivity contribution in [2.45, 2.75) is 31.2 Å². The second kappa shape index (κ2) is 25.5. The molecule has 16 heteroatoms. The molecular formula is C24H47N5O11. The van der Waals surface area contributed by atoms with Gasteiger partial charge in [0.2, 0.25) is 23.6 Å². The van der Waals surface area contributed by atoms with Crippen LogP contribution in [0.2, 0.25) is 0 Å². The van der Waals surface area contributed by atoms with Gasteiger partial charge in [-0.2, -0.15) is 0 Å². The third-order valence-electron chi connectivity index (χ3n) is 4.87. The summed E-state index contributed by atoms with van der Waals surface area (Å²) in [5.41, 5.74) is 19.6. The Morgan fingerprint density at radius 1 is 0.475 bits per heavy atom. The van der Waals surface area contributed by atoms with Crippen LogP contribution in [0.15, 0.2) is 0 Å². The Morgan fingerprint density at radius 2 is 0.800 bits per heavy atom. The zero-order chi connectivity index (χ0) is 29.9. The van der Waals surface area contributed by atoms with E-state index in [1.807, 2.05) is 0 Å². The number of nitrogens with two attached hydrogens (primary N) is 4. The molecular weight excluding hydrogens is 534 g/mol. The summed E-state index contributed by atoms with van der Waals surface area (Å²) in [7, 11) is 0. The number of carbonyl (C=O) groups excluding carboxylic acids is 4. The smallest absolute Gasteiger partial charge is 0.222 e.